The third kappa shape index (κ3) is 3.31. The molecule has 7 heteroatoms. The third-order valence-corrected chi connectivity index (χ3v) is 4.81. The van der Waals surface area contributed by atoms with Gasteiger partial charge in [0.05, 0.1) is 11.4 Å². The lowest BCUT2D eigenvalue weighted by Crippen LogP contribution is -2.52. The largest absolute Gasteiger partial charge is 0.385 e. The quantitative estimate of drug-likeness (QED) is 0.752. The summed E-state index contributed by atoms with van der Waals surface area (Å²) in [6.45, 7) is 3.69. The van der Waals surface area contributed by atoms with Crippen LogP contribution in [0.1, 0.15) is 43.0 Å². The van der Waals surface area contributed by atoms with E-state index in [1.807, 2.05) is 6.92 Å². The first kappa shape index (κ1) is 18.4. The molecule has 0 radical (unpaired) electrons. The molecule has 7 nitrogen and oxygen atoms in total. The SMILES string of the molecule is CCCN1C(=O)C2CCC(=O)N2c2ccc(C(=O)NCCCOC)cc21. The number of carbonyl (C=O) groups is 3. The first-order valence-corrected chi connectivity index (χ1v) is 9.13. The smallest absolute Gasteiger partial charge is 0.251 e. The maximum absolute atomic E-state index is 12.8. The molecule has 3 amide bonds. The molecule has 2 aliphatic heterocycles. The number of nitrogens with one attached hydrogen (secondary N) is 1. The van der Waals surface area contributed by atoms with Crippen LogP contribution in [0.15, 0.2) is 18.2 Å². The number of rotatable bonds is 7. The maximum Gasteiger partial charge on any atom is 0.251 e. The molecular weight excluding hydrogens is 334 g/mol. The van der Waals surface area contributed by atoms with Crippen LogP contribution in [-0.2, 0) is 14.3 Å². The number of fused-ring (bicyclic) bond motifs is 3. The summed E-state index contributed by atoms with van der Waals surface area (Å²) < 4.78 is 4.97. The van der Waals surface area contributed by atoms with Crippen LogP contribution in [0.2, 0.25) is 0 Å². The van der Waals surface area contributed by atoms with Gasteiger partial charge in [0, 0.05) is 38.8 Å². The zero-order chi connectivity index (χ0) is 18.7. The Hall–Kier alpha value is -2.41. The van der Waals surface area contributed by atoms with Crippen molar-refractivity contribution in [3.8, 4) is 0 Å². The summed E-state index contributed by atoms with van der Waals surface area (Å²) in [5.41, 5.74) is 1.86. The summed E-state index contributed by atoms with van der Waals surface area (Å²) in [6, 6.07) is 4.81. The molecule has 0 bridgehead atoms. The Morgan fingerprint density at radius 1 is 1.31 bits per heavy atom. The first-order valence-electron chi connectivity index (χ1n) is 9.13. The molecule has 1 fully saturated rings. The fourth-order valence-electron chi connectivity index (χ4n) is 3.58. The van der Waals surface area contributed by atoms with E-state index in [9.17, 15) is 14.4 Å². The van der Waals surface area contributed by atoms with Crippen LogP contribution >= 0.6 is 0 Å². The van der Waals surface area contributed by atoms with E-state index in [0.29, 0.717) is 43.8 Å². The van der Waals surface area contributed by atoms with E-state index in [1.165, 1.54) is 0 Å². The van der Waals surface area contributed by atoms with Crippen molar-refractivity contribution < 1.29 is 19.1 Å². The number of ether oxygens (including phenoxy) is 1. The van der Waals surface area contributed by atoms with E-state index in [2.05, 4.69) is 5.32 Å². The van der Waals surface area contributed by atoms with Crippen LogP contribution in [0.4, 0.5) is 11.4 Å². The van der Waals surface area contributed by atoms with Gasteiger partial charge >= 0.3 is 0 Å². The lowest BCUT2D eigenvalue weighted by atomic mass is 10.0. The van der Waals surface area contributed by atoms with Gasteiger partial charge < -0.3 is 15.0 Å². The van der Waals surface area contributed by atoms with Crippen molar-refractivity contribution >= 4 is 29.1 Å². The fraction of sp³-hybridized carbons (Fsp3) is 0.526. The number of methoxy groups -OCH3 is 1. The van der Waals surface area contributed by atoms with Crippen LogP contribution in [0.3, 0.4) is 0 Å². The number of carbonyl (C=O) groups excluding carboxylic acids is 3. The topological polar surface area (TPSA) is 79.0 Å². The van der Waals surface area contributed by atoms with Gasteiger partial charge in [0.1, 0.15) is 6.04 Å². The van der Waals surface area contributed by atoms with Crippen LogP contribution in [-0.4, -0.2) is 50.6 Å². The molecule has 1 N–H and O–H groups in total. The highest BCUT2D eigenvalue weighted by molar-refractivity contribution is 6.15. The molecule has 1 saturated heterocycles. The standard InChI is InChI=1S/C19H25N3O4/c1-3-10-21-16-12-13(18(24)20-9-4-11-26-2)5-6-14(16)22-15(19(21)25)7-8-17(22)23/h5-6,12,15H,3-4,7-11H2,1-2H3,(H,20,24). The highest BCUT2D eigenvalue weighted by atomic mass is 16.5. The van der Waals surface area contributed by atoms with Crippen LogP contribution in [0.25, 0.3) is 0 Å². The van der Waals surface area contributed by atoms with Crippen molar-refractivity contribution in [3.63, 3.8) is 0 Å². The zero-order valence-electron chi connectivity index (χ0n) is 15.3. The average molecular weight is 359 g/mol. The molecule has 0 spiro atoms. The molecule has 26 heavy (non-hydrogen) atoms. The number of benzene rings is 1. The lowest BCUT2D eigenvalue weighted by Gasteiger charge is -2.38. The normalized spacial score (nSPS) is 18.8. The van der Waals surface area contributed by atoms with Crippen molar-refractivity contribution in [2.75, 3.05) is 36.6 Å². The Morgan fingerprint density at radius 3 is 2.85 bits per heavy atom. The van der Waals surface area contributed by atoms with Crippen molar-refractivity contribution in [2.45, 2.75) is 38.6 Å². The van der Waals surface area contributed by atoms with Crippen LogP contribution < -0.4 is 15.1 Å². The number of hydrogen-bond acceptors (Lipinski definition) is 4. The van der Waals surface area contributed by atoms with E-state index < -0.39 is 6.04 Å². The minimum atomic E-state index is -0.407. The molecule has 0 saturated carbocycles. The Kier molecular flexibility index (Phi) is 5.56. The van der Waals surface area contributed by atoms with Gasteiger partial charge in [-0.05, 0) is 37.5 Å². The van der Waals surface area contributed by atoms with E-state index in [1.54, 1.807) is 35.1 Å². The highest BCUT2D eigenvalue weighted by Gasteiger charge is 2.44. The van der Waals surface area contributed by atoms with Crippen LogP contribution in [0, 0.1) is 0 Å². The summed E-state index contributed by atoms with van der Waals surface area (Å²) in [6.07, 6.45) is 2.48. The summed E-state index contributed by atoms with van der Waals surface area (Å²) in [7, 11) is 1.62. The minimum Gasteiger partial charge on any atom is -0.385 e. The minimum absolute atomic E-state index is 0.0301. The predicted molar refractivity (Wildman–Crippen MR) is 98.4 cm³/mol. The summed E-state index contributed by atoms with van der Waals surface area (Å²) in [5, 5.41) is 2.85. The monoisotopic (exact) mass is 359 g/mol. The van der Waals surface area contributed by atoms with Gasteiger partial charge in [0.2, 0.25) is 11.8 Å². The molecule has 1 unspecified atom stereocenters. The Balaban J connectivity index is 1.88. The van der Waals surface area contributed by atoms with Gasteiger partial charge in [0.15, 0.2) is 0 Å². The van der Waals surface area contributed by atoms with Crippen molar-refractivity contribution in [1.29, 1.82) is 0 Å². The van der Waals surface area contributed by atoms with E-state index in [4.69, 9.17) is 4.74 Å². The number of hydrogen-bond donors (Lipinski definition) is 1. The predicted octanol–water partition coefficient (Wildman–Crippen LogP) is 1.70. The Morgan fingerprint density at radius 2 is 2.12 bits per heavy atom. The van der Waals surface area contributed by atoms with Gasteiger partial charge in [0.25, 0.3) is 5.91 Å². The fourth-order valence-corrected chi connectivity index (χ4v) is 3.58. The molecule has 1 aromatic rings. The van der Waals surface area contributed by atoms with Crippen molar-refractivity contribution in [3.05, 3.63) is 23.8 Å². The van der Waals surface area contributed by atoms with Crippen LogP contribution in [0.5, 0.6) is 0 Å². The molecule has 3 rings (SSSR count). The van der Waals surface area contributed by atoms with E-state index in [0.717, 1.165) is 18.5 Å². The average Bonchev–Trinajstić information content (AvgIpc) is 3.03. The lowest BCUT2D eigenvalue weighted by molar-refractivity contribution is -0.122. The molecule has 1 aromatic carbocycles. The Bertz CT molecular complexity index is 719. The van der Waals surface area contributed by atoms with Gasteiger partial charge in [-0.25, -0.2) is 0 Å². The van der Waals surface area contributed by atoms with E-state index >= 15 is 0 Å². The third-order valence-electron chi connectivity index (χ3n) is 4.81. The van der Waals surface area contributed by atoms with Crippen molar-refractivity contribution in [1.82, 2.24) is 5.32 Å². The second-order valence-corrected chi connectivity index (χ2v) is 6.61. The number of nitrogens with zero attached hydrogens (tertiary/aromatic N) is 2. The van der Waals surface area contributed by atoms with Crippen molar-refractivity contribution in [2.24, 2.45) is 0 Å². The molecule has 0 aliphatic carbocycles. The number of anilines is 2. The summed E-state index contributed by atoms with van der Waals surface area (Å²) in [5.74, 6) is -0.275. The second-order valence-electron chi connectivity index (χ2n) is 6.61. The molecule has 1 atom stereocenters. The van der Waals surface area contributed by atoms with Gasteiger partial charge in [-0.3, -0.25) is 19.3 Å². The summed E-state index contributed by atoms with van der Waals surface area (Å²) in [4.78, 5) is 40.8. The molecule has 140 valence electrons. The summed E-state index contributed by atoms with van der Waals surface area (Å²) >= 11 is 0. The van der Waals surface area contributed by atoms with Gasteiger partial charge in [-0.2, -0.15) is 0 Å². The molecule has 2 heterocycles. The van der Waals surface area contributed by atoms with E-state index in [-0.39, 0.29) is 17.7 Å². The maximum atomic E-state index is 12.8. The molecule has 0 aromatic heterocycles. The van der Waals surface area contributed by atoms with Gasteiger partial charge in [-0.15, -0.1) is 0 Å². The van der Waals surface area contributed by atoms with Gasteiger partial charge in [-0.1, -0.05) is 6.92 Å². The number of amides is 3. The Labute approximate surface area is 153 Å². The zero-order valence-corrected chi connectivity index (χ0v) is 15.3. The highest BCUT2D eigenvalue weighted by Crippen LogP contribution is 2.41. The molecule has 2 aliphatic rings. The molecular formula is C19H25N3O4. The second kappa shape index (κ2) is 7.86. The first-order chi connectivity index (χ1) is 12.6.